The highest BCUT2D eigenvalue weighted by Gasteiger charge is 2.23. The molecule has 1 rings (SSSR count). The Hall–Kier alpha value is -1.06. The summed E-state index contributed by atoms with van der Waals surface area (Å²) in [5, 5.41) is 9.75. The standard InChI is InChI=1S/C13H18ClNO2/c1-9(17)11-6-5-10(7-12(11)14)15(4)13(2,3)8-16/h5-7,16H,8H2,1-4H3. The smallest absolute Gasteiger partial charge is 0.161 e. The lowest BCUT2D eigenvalue weighted by Gasteiger charge is -2.36. The van der Waals surface area contributed by atoms with Crippen molar-refractivity contribution in [1.29, 1.82) is 0 Å². The molecule has 0 aliphatic heterocycles. The van der Waals surface area contributed by atoms with Crippen molar-refractivity contribution >= 4 is 23.1 Å². The number of Topliss-reactive ketones (excluding diaryl/α,β-unsaturated/α-hetero) is 1. The highest BCUT2D eigenvalue weighted by molar-refractivity contribution is 6.34. The summed E-state index contributed by atoms with van der Waals surface area (Å²) in [6.07, 6.45) is 0. The van der Waals surface area contributed by atoms with Gasteiger partial charge in [0.1, 0.15) is 0 Å². The molecule has 0 aromatic heterocycles. The summed E-state index contributed by atoms with van der Waals surface area (Å²) in [4.78, 5) is 13.2. The molecule has 1 N–H and O–H groups in total. The normalized spacial score (nSPS) is 11.4. The Morgan fingerprint density at radius 3 is 2.47 bits per heavy atom. The number of likely N-dealkylation sites (N-methyl/N-ethyl adjacent to an activating group) is 1. The van der Waals surface area contributed by atoms with Crippen LogP contribution in [0.25, 0.3) is 0 Å². The molecule has 4 heteroatoms. The minimum absolute atomic E-state index is 0.0373. The number of carbonyl (C=O) groups is 1. The second kappa shape index (κ2) is 5.07. The summed E-state index contributed by atoms with van der Waals surface area (Å²) in [5.74, 6) is -0.0504. The average molecular weight is 256 g/mol. The summed E-state index contributed by atoms with van der Waals surface area (Å²) in [7, 11) is 1.88. The van der Waals surface area contributed by atoms with Gasteiger partial charge < -0.3 is 10.0 Å². The monoisotopic (exact) mass is 255 g/mol. The molecule has 0 bridgehead atoms. The number of carbonyl (C=O) groups excluding carboxylic acids is 1. The van der Waals surface area contributed by atoms with Crippen molar-refractivity contribution in [2.24, 2.45) is 0 Å². The fourth-order valence-corrected chi connectivity index (χ4v) is 1.76. The van der Waals surface area contributed by atoms with Crippen LogP contribution in [-0.2, 0) is 0 Å². The zero-order chi connectivity index (χ0) is 13.2. The van der Waals surface area contributed by atoms with Crippen LogP contribution >= 0.6 is 11.6 Å². The molecular weight excluding hydrogens is 238 g/mol. The maximum atomic E-state index is 11.3. The predicted molar refractivity (Wildman–Crippen MR) is 71.0 cm³/mol. The number of anilines is 1. The number of hydrogen-bond acceptors (Lipinski definition) is 3. The highest BCUT2D eigenvalue weighted by Crippen LogP contribution is 2.27. The average Bonchev–Trinajstić information content (AvgIpc) is 2.27. The van der Waals surface area contributed by atoms with E-state index in [9.17, 15) is 9.90 Å². The van der Waals surface area contributed by atoms with Crippen molar-refractivity contribution in [3.63, 3.8) is 0 Å². The molecule has 94 valence electrons. The SMILES string of the molecule is CC(=O)c1ccc(N(C)C(C)(C)CO)cc1Cl. The summed E-state index contributed by atoms with van der Waals surface area (Å²) < 4.78 is 0. The van der Waals surface area contributed by atoms with Crippen molar-refractivity contribution < 1.29 is 9.90 Å². The number of hydrogen-bond donors (Lipinski definition) is 1. The van der Waals surface area contributed by atoms with Crippen molar-refractivity contribution in [3.05, 3.63) is 28.8 Å². The first-order chi connectivity index (χ1) is 7.79. The number of benzene rings is 1. The molecule has 0 fully saturated rings. The summed E-state index contributed by atoms with van der Waals surface area (Å²) in [6.45, 7) is 5.39. The van der Waals surface area contributed by atoms with Crippen LogP contribution in [0.5, 0.6) is 0 Å². The molecule has 0 atom stereocenters. The van der Waals surface area contributed by atoms with E-state index in [4.69, 9.17) is 11.6 Å². The van der Waals surface area contributed by atoms with E-state index < -0.39 is 0 Å². The van der Waals surface area contributed by atoms with E-state index in [0.717, 1.165) is 5.69 Å². The Morgan fingerprint density at radius 1 is 1.47 bits per heavy atom. The summed E-state index contributed by atoms with van der Waals surface area (Å²) in [6, 6.07) is 5.29. The number of rotatable bonds is 4. The van der Waals surface area contributed by atoms with E-state index in [0.29, 0.717) is 10.6 Å². The van der Waals surface area contributed by atoms with Gasteiger partial charge in [-0.1, -0.05) is 11.6 Å². The van der Waals surface area contributed by atoms with Gasteiger partial charge in [0.05, 0.1) is 17.2 Å². The summed E-state index contributed by atoms with van der Waals surface area (Å²) in [5.41, 5.74) is 1.02. The van der Waals surface area contributed by atoms with Crippen LogP contribution in [0, 0.1) is 0 Å². The Balaban J connectivity index is 3.10. The molecule has 0 unspecified atom stereocenters. The van der Waals surface area contributed by atoms with Crippen molar-refractivity contribution in [1.82, 2.24) is 0 Å². The fraction of sp³-hybridized carbons (Fsp3) is 0.462. The lowest BCUT2D eigenvalue weighted by molar-refractivity contribution is 0.101. The largest absolute Gasteiger partial charge is 0.394 e. The number of halogens is 1. The maximum absolute atomic E-state index is 11.3. The van der Waals surface area contributed by atoms with Crippen LogP contribution in [0.15, 0.2) is 18.2 Å². The zero-order valence-corrected chi connectivity index (χ0v) is 11.4. The van der Waals surface area contributed by atoms with Gasteiger partial charge in [-0.15, -0.1) is 0 Å². The first-order valence-corrected chi connectivity index (χ1v) is 5.82. The van der Waals surface area contributed by atoms with Crippen LogP contribution in [0.1, 0.15) is 31.1 Å². The first kappa shape index (κ1) is 14.0. The maximum Gasteiger partial charge on any atom is 0.161 e. The third kappa shape index (κ3) is 2.99. The molecule has 1 aromatic carbocycles. The number of aliphatic hydroxyl groups is 1. The van der Waals surface area contributed by atoms with Gasteiger partial charge in [-0.25, -0.2) is 0 Å². The second-order valence-electron chi connectivity index (χ2n) is 4.75. The Bertz CT molecular complexity index is 429. The Kier molecular flexibility index (Phi) is 4.17. The Labute approximate surface area is 107 Å². The quantitative estimate of drug-likeness (QED) is 0.841. The van der Waals surface area contributed by atoms with E-state index in [1.165, 1.54) is 6.92 Å². The van der Waals surface area contributed by atoms with E-state index in [1.807, 2.05) is 31.9 Å². The molecular formula is C13H18ClNO2. The molecule has 3 nitrogen and oxygen atoms in total. The van der Waals surface area contributed by atoms with Gasteiger partial charge in [-0.3, -0.25) is 4.79 Å². The fourth-order valence-electron chi connectivity index (χ4n) is 1.45. The molecule has 17 heavy (non-hydrogen) atoms. The lowest BCUT2D eigenvalue weighted by atomic mass is 10.0. The third-order valence-electron chi connectivity index (χ3n) is 3.01. The van der Waals surface area contributed by atoms with Gasteiger partial charge in [0, 0.05) is 18.3 Å². The van der Waals surface area contributed by atoms with Crippen LogP contribution in [0.4, 0.5) is 5.69 Å². The summed E-state index contributed by atoms with van der Waals surface area (Å²) >= 11 is 6.05. The van der Waals surface area contributed by atoms with Crippen molar-refractivity contribution in [2.45, 2.75) is 26.3 Å². The number of ketones is 1. The van der Waals surface area contributed by atoms with Gasteiger partial charge >= 0.3 is 0 Å². The molecule has 0 heterocycles. The highest BCUT2D eigenvalue weighted by atomic mass is 35.5. The minimum atomic E-state index is -0.374. The van der Waals surface area contributed by atoms with Gasteiger partial charge in [0.15, 0.2) is 5.78 Å². The van der Waals surface area contributed by atoms with Gasteiger partial charge in [0.25, 0.3) is 0 Å². The molecule has 0 spiro atoms. The number of nitrogens with zero attached hydrogens (tertiary/aromatic N) is 1. The van der Waals surface area contributed by atoms with E-state index in [2.05, 4.69) is 0 Å². The third-order valence-corrected chi connectivity index (χ3v) is 3.33. The Morgan fingerprint density at radius 2 is 2.06 bits per heavy atom. The molecule has 0 aliphatic carbocycles. The lowest BCUT2D eigenvalue weighted by Crippen LogP contribution is -2.44. The van der Waals surface area contributed by atoms with E-state index in [1.54, 1.807) is 12.1 Å². The van der Waals surface area contributed by atoms with Crippen LogP contribution in [0.2, 0.25) is 5.02 Å². The molecule has 0 amide bonds. The molecule has 0 aliphatic rings. The van der Waals surface area contributed by atoms with Gasteiger partial charge in [-0.2, -0.15) is 0 Å². The molecule has 0 saturated carbocycles. The van der Waals surface area contributed by atoms with Crippen LogP contribution < -0.4 is 4.90 Å². The number of aliphatic hydroxyl groups excluding tert-OH is 1. The molecule has 1 aromatic rings. The van der Waals surface area contributed by atoms with Crippen molar-refractivity contribution in [3.8, 4) is 0 Å². The zero-order valence-electron chi connectivity index (χ0n) is 10.6. The van der Waals surface area contributed by atoms with Crippen molar-refractivity contribution in [2.75, 3.05) is 18.6 Å². The second-order valence-corrected chi connectivity index (χ2v) is 5.16. The van der Waals surface area contributed by atoms with E-state index in [-0.39, 0.29) is 17.9 Å². The molecule has 0 radical (unpaired) electrons. The van der Waals surface area contributed by atoms with Gasteiger partial charge in [0.2, 0.25) is 0 Å². The minimum Gasteiger partial charge on any atom is -0.394 e. The van der Waals surface area contributed by atoms with Crippen LogP contribution in [-0.4, -0.2) is 30.1 Å². The van der Waals surface area contributed by atoms with E-state index >= 15 is 0 Å². The predicted octanol–water partition coefficient (Wildman–Crippen LogP) is 2.75. The first-order valence-electron chi connectivity index (χ1n) is 5.45. The molecule has 0 saturated heterocycles. The van der Waals surface area contributed by atoms with Crippen LogP contribution in [0.3, 0.4) is 0 Å². The van der Waals surface area contributed by atoms with Gasteiger partial charge in [-0.05, 0) is 39.0 Å². The topological polar surface area (TPSA) is 40.5 Å².